The lowest BCUT2D eigenvalue weighted by molar-refractivity contribution is -0.00813. The Hall–Kier alpha value is -1.67. The van der Waals surface area contributed by atoms with Gasteiger partial charge in [-0.05, 0) is 46.4 Å². The van der Waals surface area contributed by atoms with Crippen molar-refractivity contribution in [3.8, 4) is 11.3 Å². The first-order valence-corrected chi connectivity index (χ1v) is 13.2. The van der Waals surface area contributed by atoms with E-state index in [1.54, 1.807) is 5.56 Å². The molecule has 1 aliphatic heterocycles. The van der Waals surface area contributed by atoms with Crippen LogP contribution < -0.4 is 0 Å². The summed E-state index contributed by atoms with van der Waals surface area (Å²) in [5.41, 5.74) is 10.0. The Balaban J connectivity index is 2.34. The van der Waals surface area contributed by atoms with E-state index in [2.05, 4.69) is 119 Å². The maximum Gasteiger partial charge on any atom is 0.0759 e. The number of rotatable bonds is 0. The van der Waals surface area contributed by atoms with Gasteiger partial charge in [0, 0.05) is 34.5 Å². The van der Waals surface area contributed by atoms with E-state index in [-0.39, 0.29) is 27.1 Å². The van der Waals surface area contributed by atoms with Crippen LogP contribution in [0.3, 0.4) is 0 Å². The maximum absolute atomic E-state index is 5.62. The van der Waals surface area contributed by atoms with Crippen molar-refractivity contribution in [1.82, 2.24) is 9.88 Å². The molecule has 34 heavy (non-hydrogen) atoms. The van der Waals surface area contributed by atoms with Crippen LogP contribution in [-0.4, -0.2) is 23.5 Å². The zero-order valence-electron chi connectivity index (χ0n) is 24.2. The molecule has 2 aliphatic rings. The highest BCUT2D eigenvalue weighted by Crippen LogP contribution is 2.63. The normalized spacial score (nSPS) is 20.7. The molecule has 0 saturated heterocycles. The van der Waals surface area contributed by atoms with Gasteiger partial charge >= 0.3 is 0 Å². The minimum atomic E-state index is -0.0408. The molecular formula is C32H48N2. The fourth-order valence-corrected chi connectivity index (χ4v) is 7.37. The first-order chi connectivity index (χ1) is 15.3. The second kappa shape index (κ2) is 7.42. The molecule has 2 aromatic rings. The first-order valence-electron chi connectivity index (χ1n) is 13.2. The number of nitrogens with zero attached hydrogens (tertiary/aromatic N) is 2. The van der Waals surface area contributed by atoms with Crippen molar-refractivity contribution in [3.63, 3.8) is 0 Å². The Kier molecular flexibility index (Phi) is 5.55. The molecule has 1 atom stereocenters. The van der Waals surface area contributed by atoms with E-state index in [0.29, 0.717) is 6.04 Å². The van der Waals surface area contributed by atoms with Crippen LogP contribution in [0.1, 0.15) is 117 Å². The van der Waals surface area contributed by atoms with E-state index in [4.69, 9.17) is 4.98 Å². The third-order valence-corrected chi connectivity index (χ3v) is 8.72. The van der Waals surface area contributed by atoms with Crippen LogP contribution in [-0.2, 0) is 22.7 Å². The van der Waals surface area contributed by atoms with Gasteiger partial charge in [0.25, 0.3) is 0 Å². The Morgan fingerprint density at radius 3 is 1.88 bits per heavy atom. The quantitative estimate of drug-likeness (QED) is 0.394. The number of likely N-dealkylation sites (N-methyl/N-ethyl adjacent to an activating group) is 1. The van der Waals surface area contributed by atoms with Crippen molar-refractivity contribution in [2.75, 3.05) is 13.6 Å². The third kappa shape index (κ3) is 3.50. The van der Waals surface area contributed by atoms with Crippen LogP contribution in [0.5, 0.6) is 0 Å². The van der Waals surface area contributed by atoms with Crippen molar-refractivity contribution in [2.24, 2.45) is 10.8 Å². The number of fused-ring (bicyclic) bond motifs is 2. The average molecular weight is 461 g/mol. The molecule has 0 radical (unpaired) electrons. The molecule has 0 fully saturated rings. The lowest BCUT2D eigenvalue weighted by atomic mass is 9.46. The van der Waals surface area contributed by atoms with Crippen LogP contribution in [0, 0.1) is 10.8 Å². The molecule has 2 heteroatoms. The minimum absolute atomic E-state index is 0.000840. The summed E-state index contributed by atoms with van der Waals surface area (Å²) >= 11 is 0. The van der Waals surface area contributed by atoms with Crippen molar-refractivity contribution in [3.05, 3.63) is 52.2 Å². The van der Waals surface area contributed by atoms with Crippen molar-refractivity contribution in [1.29, 1.82) is 0 Å². The van der Waals surface area contributed by atoms with E-state index in [9.17, 15) is 0 Å². The van der Waals surface area contributed by atoms with Crippen LogP contribution in [0.2, 0.25) is 0 Å². The van der Waals surface area contributed by atoms with Crippen molar-refractivity contribution in [2.45, 2.75) is 112 Å². The van der Waals surface area contributed by atoms with Crippen LogP contribution in [0.15, 0.2) is 24.3 Å². The summed E-state index contributed by atoms with van der Waals surface area (Å²) in [6.07, 6.45) is 1.07. The molecule has 1 aromatic heterocycles. The molecule has 2 heterocycles. The van der Waals surface area contributed by atoms with Gasteiger partial charge in [-0.15, -0.1) is 0 Å². The monoisotopic (exact) mass is 460 g/mol. The fraction of sp³-hybridized carbons (Fsp3) is 0.656. The molecule has 0 amide bonds. The standard InChI is InChI=1S/C32H48N2/c1-28(2,3)25-24-23-22(34(13)19-32(24,30(7,8)9)31(10,11)12)18-20-16-14-15-17-21(20)26(23)33-27(25)29(4,5)6/h14-17,22H,18-19H2,1-13H3. The zero-order chi connectivity index (χ0) is 25.6. The highest BCUT2D eigenvalue weighted by Gasteiger charge is 2.59. The third-order valence-electron chi connectivity index (χ3n) is 8.72. The molecule has 0 saturated carbocycles. The van der Waals surface area contributed by atoms with Gasteiger partial charge in [-0.2, -0.15) is 0 Å². The lowest BCUT2D eigenvalue weighted by Gasteiger charge is -2.62. The predicted molar refractivity (Wildman–Crippen MR) is 147 cm³/mol. The molecule has 1 aromatic carbocycles. The highest BCUT2D eigenvalue weighted by atomic mass is 15.2. The van der Waals surface area contributed by atoms with Gasteiger partial charge in [0.05, 0.1) is 11.4 Å². The molecular weight excluding hydrogens is 412 g/mol. The topological polar surface area (TPSA) is 16.1 Å². The number of aromatic nitrogens is 1. The lowest BCUT2D eigenvalue weighted by Crippen LogP contribution is -2.61. The average Bonchev–Trinajstić information content (AvgIpc) is 2.66. The molecule has 186 valence electrons. The molecule has 1 unspecified atom stereocenters. The molecule has 4 rings (SSSR count). The summed E-state index contributed by atoms with van der Waals surface area (Å²) in [5, 5.41) is 0. The van der Waals surface area contributed by atoms with E-state index < -0.39 is 0 Å². The zero-order valence-corrected chi connectivity index (χ0v) is 24.2. The Morgan fingerprint density at radius 1 is 0.824 bits per heavy atom. The summed E-state index contributed by atoms with van der Waals surface area (Å²) in [6.45, 7) is 30.2. The summed E-state index contributed by atoms with van der Waals surface area (Å²) in [5.74, 6) is 0. The minimum Gasteiger partial charge on any atom is -0.298 e. The smallest absolute Gasteiger partial charge is 0.0759 e. The fourth-order valence-electron chi connectivity index (χ4n) is 7.37. The molecule has 0 bridgehead atoms. The highest BCUT2D eigenvalue weighted by molar-refractivity contribution is 5.75. The molecule has 1 aliphatic carbocycles. The summed E-state index contributed by atoms with van der Waals surface area (Å²) in [7, 11) is 2.35. The van der Waals surface area contributed by atoms with Gasteiger partial charge in [0.2, 0.25) is 0 Å². The van der Waals surface area contributed by atoms with Crippen LogP contribution in [0.4, 0.5) is 0 Å². The first kappa shape index (κ1) is 25.4. The Morgan fingerprint density at radius 2 is 1.38 bits per heavy atom. The molecule has 0 N–H and O–H groups in total. The van der Waals surface area contributed by atoms with E-state index in [0.717, 1.165) is 13.0 Å². The number of benzene rings is 1. The van der Waals surface area contributed by atoms with Crippen LogP contribution >= 0.6 is 0 Å². The SMILES string of the molecule is CN1CC(C(C)(C)C)(C(C)(C)C)c2c3c(nc(C(C)(C)C)c2C(C)(C)C)-c2ccccc2CC31. The summed E-state index contributed by atoms with van der Waals surface area (Å²) in [6, 6.07) is 9.38. The second-order valence-electron chi connectivity index (χ2n) is 15.2. The maximum atomic E-state index is 5.62. The van der Waals surface area contributed by atoms with E-state index in [1.165, 1.54) is 33.6 Å². The van der Waals surface area contributed by atoms with Gasteiger partial charge in [-0.1, -0.05) is 107 Å². The summed E-state index contributed by atoms with van der Waals surface area (Å²) in [4.78, 5) is 8.28. The van der Waals surface area contributed by atoms with Gasteiger partial charge in [0.1, 0.15) is 0 Å². The largest absolute Gasteiger partial charge is 0.298 e. The number of pyridine rings is 1. The number of hydrogen-bond donors (Lipinski definition) is 0. The van der Waals surface area contributed by atoms with Gasteiger partial charge in [0.15, 0.2) is 0 Å². The van der Waals surface area contributed by atoms with Crippen molar-refractivity contribution >= 4 is 0 Å². The predicted octanol–water partition coefficient (Wildman–Crippen LogP) is 8.22. The van der Waals surface area contributed by atoms with Crippen molar-refractivity contribution < 1.29 is 0 Å². The van der Waals surface area contributed by atoms with E-state index in [1.807, 2.05) is 0 Å². The van der Waals surface area contributed by atoms with Gasteiger partial charge in [-0.3, -0.25) is 9.88 Å². The molecule has 0 spiro atoms. The van der Waals surface area contributed by atoms with Gasteiger partial charge < -0.3 is 0 Å². The summed E-state index contributed by atoms with van der Waals surface area (Å²) < 4.78 is 0. The second-order valence-corrected chi connectivity index (χ2v) is 15.2. The number of hydrogen-bond acceptors (Lipinski definition) is 2. The van der Waals surface area contributed by atoms with Crippen LogP contribution in [0.25, 0.3) is 11.3 Å². The Labute approximate surface area is 209 Å². The molecule has 2 nitrogen and oxygen atoms in total. The Bertz CT molecular complexity index is 1100. The van der Waals surface area contributed by atoms with E-state index >= 15 is 0 Å². The van der Waals surface area contributed by atoms with Gasteiger partial charge in [-0.25, -0.2) is 0 Å².